The lowest BCUT2D eigenvalue weighted by atomic mass is 9.97. The molecule has 2 N–H and O–H groups in total. The molecule has 6 aromatic rings. The van der Waals surface area contributed by atoms with Gasteiger partial charge in [-0.3, -0.25) is 5.32 Å². The van der Waals surface area contributed by atoms with Crippen LogP contribution in [0.25, 0.3) is 33.1 Å². The lowest BCUT2D eigenvalue weighted by Crippen LogP contribution is -2.44. The number of amidine groups is 1. The maximum Gasteiger partial charge on any atom is 0.131 e. The summed E-state index contributed by atoms with van der Waals surface area (Å²) >= 11 is 0. The van der Waals surface area contributed by atoms with E-state index < -0.39 is 0 Å². The summed E-state index contributed by atoms with van der Waals surface area (Å²) in [5, 5.41) is 9.97. The van der Waals surface area contributed by atoms with Gasteiger partial charge < -0.3 is 9.88 Å². The molecule has 2 unspecified atom stereocenters. The molecule has 0 fully saturated rings. The molecule has 2 aliphatic rings. The average molecular weight is 557 g/mol. The normalized spacial score (nSPS) is 18.3. The van der Waals surface area contributed by atoms with E-state index in [1.54, 1.807) is 0 Å². The van der Waals surface area contributed by atoms with Gasteiger partial charge in [0.15, 0.2) is 0 Å². The van der Waals surface area contributed by atoms with Crippen LogP contribution in [-0.4, -0.2) is 10.4 Å². The van der Waals surface area contributed by atoms with Crippen LogP contribution in [0.2, 0.25) is 0 Å². The van der Waals surface area contributed by atoms with Gasteiger partial charge in [0.05, 0.1) is 11.0 Å². The predicted molar refractivity (Wildman–Crippen MR) is 178 cm³/mol. The van der Waals surface area contributed by atoms with Crippen molar-refractivity contribution in [2.75, 3.05) is 0 Å². The second kappa shape index (κ2) is 10.9. The van der Waals surface area contributed by atoms with E-state index in [1.807, 2.05) is 0 Å². The van der Waals surface area contributed by atoms with Crippen LogP contribution in [0.3, 0.4) is 0 Å². The largest absolute Gasteiger partial charge is 0.350 e. The highest BCUT2D eigenvalue weighted by molar-refractivity contribution is 6.09. The lowest BCUT2D eigenvalue weighted by Gasteiger charge is -2.32. The van der Waals surface area contributed by atoms with E-state index in [-0.39, 0.29) is 12.3 Å². The Morgan fingerprint density at radius 3 is 2.05 bits per heavy atom. The summed E-state index contributed by atoms with van der Waals surface area (Å²) in [7, 11) is 0. The molecule has 8 rings (SSSR count). The Labute approximate surface area is 251 Å². The topological polar surface area (TPSA) is 41.4 Å². The first-order chi connectivity index (χ1) is 21.3. The molecule has 0 amide bonds. The van der Waals surface area contributed by atoms with Crippen molar-refractivity contribution in [2.24, 2.45) is 4.99 Å². The lowest BCUT2D eigenvalue weighted by molar-refractivity contribution is 0.409. The molecular formula is C39H32N4. The molecule has 0 saturated carbocycles. The fourth-order valence-corrected chi connectivity index (χ4v) is 6.38. The van der Waals surface area contributed by atoms with Crippen molar-refractivity contribution in [1.82, 2.24) is 15.2 Å². The van der Waals surface area contributed by atoms with Crippen LogP contribution in [0.4, 0.5) is 0 Å². The van der Waals surface area contributed by atoms with Gasteiger partial charge in [-0.2, -0.15) is 0 Å². The molecule has 1 aliphatic carbocycles. The molecule has 1 aromatic heterocycles. The van der Waals surface area contributed by atoms with Gasteiger partial charge in [0.25, 0.3) is 0 Å². The Hall–Kier alpha value is -5.19. The molecule has 2 atom stereocenters. The van der Waals surface area contributed by atoms with Crippen molar-refractivity contribution in [3.8, 4) is 5.69 Å². The smallest absolute Gasteiger partial charge is 0.131 e. The zero-order valence-electron chi connectivity index (χ0n) is 23.8. The molecule has 0 radical (unpaired) electrons. The number of fused-ring (bicyclic) bond motifs is 3. The van der Waals surface area contributed by atoms with Gasteiger partial charge in [-0.1, -0.05) is 103 Å². The van der Waals surface area contributed by atoms with Crippen LogP contribution in [0.5, 0.6) is 0 Å². The van der Waals surface area contributed by atoms with Crippen molar-refractivity contribution in [3.63, 3.8) is 0 Å². The van der Waals surface area contributed by atoms with Crippen molar-refractivity contribution < 1.29 is 0 Å². The molecule has 43 heavy (non-hydrogen) atoms. The van der Waals surface area contributed by atoms with Crippen LogP contribution in [-0.2, 0) is 0 Å². The molecule has 4 heteroatoms. The number of nitrogens with zero attached hydrogens (tertiary/aromatic N) is 2. The van der Waals surface area contributed by atoms with Crippen LogP contribution < -0.4 is 10.6 Å². The van der Waals surface area contributed by atoms with Gasteiger partial charge >= 0.3 is 0 Å². The highest BCUT2D eigenvalue weighted by atomic mass is 15.3. The Morgan fingerprint density at radius 2 is 1.33 bits per heavy atom. The molecule has 5 aromatic carbocycles. The van der Waals surface area contributed by atoms with E-state index >= 15 is 0 Å². The molecule has 0 bridgehead atoms. The number of aliphatic imine (C=N–C) groups is 1. The van der Waals surface area contributed by atoms with E-state index in [2.05, 4.69) is 161 Å². The molecule has 1 aliphatic heterocycles. The number of nitrogens with one attached hydrogen (secondary N) is 2. The van der Waals surface area contributed by atoms with Crippen molar-refractivity contribution in [3.05, 3.63) is 168 Å². The molecule has 208 valence electrons. The summed E-state index contributed by atoms with van der Waals surface area (Å²) in [6, 6.07) is 45.4. The Bertz CT molecular complexity index is 1980. The summed E-state index contributed by atoms with van der Waals surface area (Å²) in [6.07, 6.45) is 8.76. The monoisotopic (exact) mass is 556 g/mol. The van der Waals surface area contributed by atoms with Gasteiger partial charge in [-0.05, 0) is 77.6 Å². The maximum absolute atomic E-state index is 5.23. The number of rotatable bonds is 5. The van der Waals surface area contributed by atoms with Crippen LogP contribution in [0.1, 0.15) is 47.4 Å². The van der Waals surface area contributed by atoms with Gasteiger partial charge in [0.2, 0.25) is 0 Å². The van der Waals surface area contributed by atoms with Gasteiger partial charge in [0, 0.05) is 22.0 Å². The third-order valence-corrected chi connectivity index (χ3v) is 8.51. The van der Waals surface area contributed by atoms with E-state index in [0.29, 0.717) is 0 Å². The van der Waals surface area contributed by atoms with Crippen LogP contribution in [0, 0.1) is 0 Å². The molecule has 4 nitrogen and oxygen atoms in total. The minimum Gasteiger partial charge on any atom is -0.350 e. The number of allylic oxidation sites excluding steroid dienone is 4. The van der Waals surface area contributed by atoms with Crippen molar-refractivity contribution in [1.29, 1.82) is 0 Å². The Morgan fingerprint density at radius 1 is 0.628 bits per heavy atom. The third-order valence-electron chi connectivity index (χ3n) is 8.51. The van der Waals surface area contributed by atoms with Gasteiger partial charge in [-0.15, -0.1) is 0 Å². The molecule has 0 spiro atoms. The van der Waals surface area contributed by atoms with Gasteiger partial charge in [-0.25, -0.2) is 4.99 Å². The van der Waals surface area contributed by atoms with E-state index in [4.69, 9.17) is 4.99 Å². The van der Waals surface area contributed by atoms with Crippen LogP contribution in [0.15, 0.2) is 151 Å². The molecule has 2 heterocycles. The summed E-state index contributed by atoms with van der Waals surface area (Å²) in [6.45, 7) is 0. The summed E-state index contributed by atoms with van der Waals surface area (Å²) < 4.78 is 2.35. The van der Waals surface area contributed by atoms with Crippen molar-refractivity contribution in [2.45, 2.75) is 25.2 Å². The maximum atomic E-state index is 5.23. The van der Waals surface area contributed by atoms with Gasteiger partial charge in [0.1, 0.15) is 18.2 Å². The van der Waals surface area contributed by atoms with E-state index in [0.717, 1.165) is 35.5 Å². The summed E-state index contributed by atoms with van der Waals surface area (Å²) in [5.74, 6) is 0.883. The Kier molecular flexibility index (Phi) is 6.47. The first kappa shape index (κ1) is 25.5. The highest BCUT2D eigenvalue weighted by Crippen LogP contribution is 2.33. The van der Waals surface area contributed by atoms with Crippen molar-refractivity contribution >= 4 is 33.2 Å². The zero-order valence-corrected chi connectivity index (χ0v) is 23.8. The summed E-state index contributed by atoms with van der Waals surface area (Å²) in [5.41, 5.74) is 9.46. The first-order valence-electron chi connectivity index (χ1n) is 15.0. The standard InChI is InChI=1S/C39H32N4/c1-3-12-27(13-4-1)30-16-11-17-31(26-30)39-41-37(28-14-5-2-6-15-28)40-38(42-39)29-22-24-32(25-23-29)43-35-20-9-7-18-33(35)34-19-8-10-21-36(34)43/h2-3,5-26,37,39,41H,1,4H2,(H,40,42). The third kappa shape index (κ3) is 4.76. The molecular weight excluding hydrogens is 524 g/mol. The molecule has 0 saturated heterocycles. The first-order valence-corrected chi connectivity index (χ1v) is 15.0. The number of hydrogen-bond acceptors (Lipinski definition) is 3. The summed E-state index contributed by atoms with van der Waals surface area (Å²) in [4.78, 5) is 5.23. The fraction of sp³-hybridized carbons (Fsp3) is 0.103. The number of benzene rings is 5. The number of para-hydroxylation sites is 2. The van der Waals surface area contributed by atoms with E-state index in [1.165, 1.54) is 38.5 Å². The number of aromatic nitrogens is 1. The minimum absolute atomic E-state index is 0.0758. The number of hydrogen-bond donors (Lipinski definition) is 2. The van der Waals surface area contributed by atoms with Crippen LogP contribution >= 0.6 is 0 Å². The second-order valence-electron chi connectivity index (χ2n) is 11.2. The average Bonchev–Trinajstić information content (AvgIpc) is 3.43. The fourth-order valence-electron chi connectivity index (χ4n) is 6.38. The quantitative estimate of drug-likeness (QED) is 0.223. The minimum atomic E-state index is -0.188. The zero-order chi connectivity index (χ0) is 28.6. The Balaban J connectivity index is 1.18. The SMILES string of the molecule is C1=CC(c2cccc(C3N=C(c4ccc(-n5c6ccccc6c6ccccc65)cc4)NC(c4ccccc4)N3)c2)=CCC1. The highest BCUT2D eigenvalue weighted by Gasteiger charge is 2.25. The second-order valence-corrected chi connectivity index (χ2v) is 11.2. The van der Waals surface area contributed by atoms with E-state index in [9.17, 15) is 0 Å². The predicted octanol–water partition coefficient (Wildman–Crippen LogP) is 8.85.